The van der Waals surface area contributed by atoms with E-state index in [1.165, 1.54) is 327 Å². The second-order valence-electron chi connectivity index (χ2n) is 22.2. The Kier molecular flexibility index (Phi) is 59.7. The number of carbonyl (C=O) groups is 1. The molecule has 4 heteroatoms. The van der Waals surface area contributed by atoms with Gasteiger partial charge in [-0.1, -0.05) is 360 Å². The SMILES string of the molecule is CCCCCCCCCCCCCCCCCCCCCCCC/C=C/C(O)C(CO)NC(=O)CCCCCCCCCCCCCCCCCCCCCCCCCCCCCCCCCC. The summed E-state index contributed by atoms with van der Waals surface area (Å²) in [6, 6.07) is -0.619. The Hall–Kier alpha value is -0.870. The van der Waals surface area contributed by atoms with Crippen molar-refractivity contribution >= 4 is 5.91 Å². The molecule has 406 valence electrons. The maximum atomic E-state index is 12.5. The van der Waals surface area contributed by atoms with Gasteiger partial charge in [-0.15, -0.1) is 0 Å². The quantitative estimate of drug-likeness (QED) is 0.0420. The molecule has 0 aliphatic carbocycles. The van der Waals surface area contributed by atoms with E-state index in [0.717, 1.165) is 25.7 Å². The number of hydrogen-bond donors (Lipinski definition) is 3. The summed E-state index contributed by atoms with van der Waals surface area (Å²) in [6.07, 6.45) is 79.9. The van der Waals surface area contributed by atoms with Crippen LogP contribution < -0.4 is 5.32 Å². The maximum Gasteiger partial charge on any atom is 0.220 e. The van der Waals surface area contributed by atoms with Crippen molar-refractivity contribution in [2.45, 2.75) is 386 Å². The Balaban J connectivity index is 3.40. The van der Waals surface area contributed by atoms with Crippen LogP contribution in [-0.2, 0) is 4.79 Å². The summed E-state index contributed by atoms with van der Waals surface area (Å²) in [4.78, 5) is 12.5. The summed E-state index contributed by atoms with van der Waals surface area (Å²) >= 11 is 0. The molecular formula is C64H127NO3. The fraction of sp³-hybridized carbons (Fsp3) is 0.953. The first kappa shape index (κ1) is 67.1. The molecule has 0 saturated heterocycles. The molecule has 0 heterocycles. The Morgan fingerprint density at radius 2 is 0.544 bits per heavy atom. The third-order valence-electron chi connectivity index (χ3n) is 15.3. The number of aliphatic hydroxyl groups is 2. The first-order chi connectivity index (χ1) is 33.7. The van der Waals surface area contributed by atoms with Gasteiger partial charge in [0.15, 0.2) is 0 Å². The summed E-state index contributed by atoms with van der Waals surface area (Å²) < 4.78 is 0. The Bertz CT molecular complexity index is 952. The van der Waals surface area contributed by atoms with E-state index in [0.29, 0.717) is 6.42 Å². The predicted molar refractivity (Wildman–Crippen MR) is 304 cm³/mol. The molecule has 0 aromatic heterocycles. The lowest BCUT2D eigenvalue weighted by Crippen LogP contribution is -2.45. The van der Waals surface area contributed by atoms with Crippen LogP contribution in [0.25, 0.3) is 0 Å². The van der Waals surface area contributed by atoms with Crippen LogP contribution in [0.5, 0.6) is 0 Å². The molecule has 0 bridgehead atoms. The van der Waals surface area contributed by atoms with Gasteiger partial charge in [0.2, 0.25) is 5.91 Å². The van der Waals surface area contributed by atoms with Gasteiger partial charge < -0.3 is 15.5 Å². The third-order valence-corrected chi connectivity index (χ3v) is 15.3. The van der Waals surface area contributed by atoms with Crippen molar-refractivity contribution in [1.29, 1.82) is 0 Å². The summed E-state index contributed by atoms with van der Waals surface area (Å²) in [7, 11) is 0. The van der Waals surface area contributed by atoms with Gasteiger partial charge in [0.25, 0.3) is 0 Å². The van der Waals surface area contributed by atoms with Crippen LogP contribution in [0.3, 0.4) is 0 Å². The second kappa shape index (κ2) is 60.4. The van der Waals surface area contributed by atoms with Crippen LogP contribution in [0, 0.1) is 0 Å². The van der Waals surface area contributed by atoms with Gasteiger partial charge in [-0.05, 0) is 19.3 Å². The molecule has 0 fully saturated rings. The van der Waals surface area contributed by atoms with Crippen LogP contribution in [0.2, 0.25) is 0 Å². The molecule has 0 spiro atoms. The zero-order valence-corrected chi connectivity index (χ0v) is 46.9. The molecule has 1 amide bonds. The van der Waals surface area contributed by atoms with E-state index < -0.39 is 12.1 Å². The van der Waals surface area contributed by atoms with Gasteiger partial charge in [0, 0.05) is 6.42 Å². The molecule has 0 aliphatic rings. The van der Waals surface area contributed by atoms with Crippen LogP contribution in [-0.4, -0.2) is 34.9 Å². The monoisotopic (exact) mass is 958 g/mol. The Morgan fingerprint density at radius 3 is 0.765 bits per heavy atom. The minimum absolute atomic E-state index is 0.0540. The van der Waals surface area contributed by atoms with Gasteiger partial charge >= 0.3 is 0 Å². The number of amides is 1. The average molecular weight is 959 g/mol. The number of hydrogen-bond acceptors (Lipinski definition) is 3. The van der Waals surface area contributed by atoms with E-state index in [4.69, 9.17) is 0 Å². The highest BCUT2D eigenvalue weighted by atomic mass is 16.3. The van der Waals surface area contributed by atoms with E-state index >= 15 is 0 Å². The lowest BCUT2D eigenvalue weighted by molar-refractivity contribution is -0.123. The molecule has 4 nitrogen and oxygen atoms in total. The van der Waals surface area contributed by atoms with E-state index in [2.05, 4.69) is 19.2 Å². The normalized spacial score (nSPS) is 12.7. The van der Waals surface area contributed by atoms with E-state index in [-0.39, 0.29) is 12.5 Å². The van der Waals surface area contributed by atoms with E-state index in [9.17, 15) is 15.0 Å². The zero-order chi connectivity index (χ0) is 49.2. The molecule has 2 atom stereocenters. The van der Waals surface area contributed by atoms with Crippen LogP contribution in [0.4, 0.5) is 0 Å². The van der Waals surface area contributed by atoms with Crippen molar-refractivity contribution in [3.8, 4) is 0 Å². The average Bonchev–Trinajstić information content (AvgIpc) is 3.34. The Morgan fingerprint density at radius 1 is 0.338 bits per heavy atom. The molecule has 2 unspecified atom stereocenters. The van der Waals surface area contributed by atoms with Crippen molar-refractivity contribution in [3.63, 3.8) is 0 Å². The van der Waals surface area contributed by atoms with Crippen molar-refractivity contribution in [2.24, 2.45) is 0 Å². The maximum absolute atomic E-state index is 12.5. The minimum Gasteiger partial charge on any atom is -0.394 e. The first-order valence-electron chi connectivity index (χ1n) is 31.9. The molecule has 0 saturated carbocycles. The van der Waals surface area contributed by atoms with Gasteiger partial charge in [-0.2, -0.15) is 0 Å². The number of rotatable bonds is 60. The molecule has 0 radical (unpaired) electrons. The van der Waals surface area contributed by atoms with Gasteiger partial charge in [-0.25, -0.2) is 0 Å². The van der Waals surface area contributed by atoms with Crippen LogP contribution in [0.15, 0.2) is 12.2 Å². The summed E-state index contributed by atoms with van der Waals surface area (Å²) in [6.45, 7) is 4.36. The summed E-state index contributed by atoms with van der Waals surface area (Å²) in [5, 5.41) is 23.2. The van der Waals surface area contributed by atoms with E-state index in [1.807, 2.05) is 6.08 Å². The molecule has 0 aliphatic heterocycles. The fourth-order valence-electron chi connectivity index (χ4n) is 10.4. The first-order valence-corrected chi connectivity index (χ1v) is 31.9. The second-order valence-corrected chi connectivity index (χ2v) is 22.2. The minimum atomic E-state index is -0.836. The van der Waals surface area contributed by atoms with Crippen LogP contribution in [0.1, 0.15) is 373 Å². The number of allylic oxidation sites excluding steroid dienone is 1. The molecule has 68 heavy (non-hydrogen) atoms. The predicted octanol–water partition coefficient (Wildman–Crippen LogP) is 21.3. The number of aliphatic hydroxyl groups excluding tert-OH is 2. The smallest absolute Gasteiger partial charge is 0.220 e. The summed E-state index contributed by atoms with van der Waals surface area (Å²) in [5.74, 6) is -0.0540. The van der Waals surface area contributed by atoms with E-state index in [1.54, 1.807) is 6.08 Å². The number of carbonyl (C=O) groups excluding carboxylic acids is 1. The molecule has 3 N–H and O–H groups in total. The standard InChI is InChI=1S/C64H127NO3/c1-3-5-7-9-11-13-15-17-19-21-23-25-27-29-30-31-32-33-34-35-36-38-40-42-44-46-48-50-52-54-56-58-60-64(68)65-62(61-66)63(67)59-57-55-53-51-49-47-45-43-41-39-37-28-26-24-22-20-18-16-14-12-10-8-6-4-2/h57,59,62-63,66-67H,3-56,58,60-61H2,1-2H3,(H,65,68)/b59-57+. The highest BCUT2D eigenvalue weighted by molar-refractivity contribution is 5.76. The molecular weight excluding hydrogens is 831 g/mol. The number of nitrogens with one attached hydrogen (secondary N) is 1. The van der Waals surface area contributed by atoms with Gasteiger partial charge in [-0.3, -0.25) is 4.79 Å². The lowest BCUT2D eigenvalue weighted by atomic mass is 10.0. The highest BCUT2D eigenvalue weighted by Crippen LogP contribution is 2.19. The number of unbranched alkanes of at least 4 members (excludes halogenated alkanes) is 53. The van der Waals surface area contributed by atoms with Gasteiger partial charge in [0.05, 0.1) is 18.8 Å². The Labute approximate surface area is 428 Å². The molecule has 0 aromatic carbocycles. The van der Waals surface area contributed by atoms with Crippen molar-refractivity contribution in [1.82, 2.24) is 5.32 Å². The zero-order valence-electron chi connectivity index (χ0n) is 46.9. The van der Waals surface area contributed by atoms with Crippen LogP contribution >= 0.6 is 0 Å². The largest absolute Gasteiger partial charge is 0.394 e. The third kappa shape index (κ3) is 56.0. The fourth-order valence-corrected chi connectivity index (χ4v) is 10.4. The van der Waals surface area contributed by atoms with Crippen molar-refractivity contribution in [3.05, 3.63) is 12.2 Å². The molecule has 0 aromatic rings. The highest BCUT2D eigenvalue weighted by Gasteiger charge is 2.18. The topological polar surface area (TPSA) is 69.6 Å². The van der Waals surface area contributed by atoms with Crippen molar-refractivity contribution < 1.29 is 15.0 Å². The summed E-state index contributed by atoms with van der Waals surface area (Å²) in [5.41, 5.74) is 0. The van der Waals surface area contributed by atoms with Gasteiger partial charge in [0.1, 0.15) is 0 Å². The molecule has 0 rings (SSSR count). The lowest BCUT2D eigenvalue weighted by Gasteiger charge is -2.20. The van der Waals surface area contributed by atoms with Crippen molar-refractivity contribution in [2.75, 3.05) is 6.61 Å².